The number of nitrogens with one attached hydrogen (secondary N) is 2. The Morgan fingerprint density at radius 2 is 2.16 bits per heavy atom. The molecule has 0 aliphatic heterocycles. The summed E-state index contributed by atoms with van der Waals surface area (Å²) < 4.78 is 0. The van der Waals surface area contributed by atoms with Crippen molar-refractivity contribution in [3.05, 3.63) is 56.2 Å². The minimum Gasteiger partial charge on any atom is -0.328 e. The van der Waals surface area contributed by atoms with E-state index in [2.05, 4.69) is 15.3 Å². The lowest BCUT2D eigenvalue weighted by atomic mass is 10.2. The highest BCUT2D eigenvalue weighted by Gasteiger charge is 2.14. The van der Waals surface area contributed by atoms with Crippen LogP contribution in [0, 0.1) is 6.92 Å². The number of carbonyl (C=O) groups is 1. The second kappa shape index (κ2) is 5.42. The molecule has 2 rings (SSSR count). The number of aryl methyl sites for hydroxylation is 1. The van der Waals surface area contributed by atoms with Crippen LogP contribution in [0.2, 0.25) is 10.3 Å². The quantitative estimate of drug-likeness (QED) is 0.837. The molecule has 2 heterocycles. The third-order valence-corrected chi connectivity index (χ3v) is 2.91. The van der Waals surface area contributed by atoms with Crippen LogP contribution in [0.15, 0.2) is 29.2 Å². The molecule has 0 fully saturated rings. The van der Waals surface area contributed by atoms with Gasteiger partial charge in [-0.1, -0.05) is 23.2 Å². The van der Waals surface area contributed by atoms with Gasteiger partial charge in [0.25, 0.3) is 11.5 Å². The fraction of sp³-hybridized carbons (Fsp3) is 0.0833. The first-order valence-corrected chi connectivity index (χ1v) is 6.06. The number of nitrogens with zero attached hydrogens (tertiary/aromatic N) is 1. The summed E-state index contributed by atoms with van der Waals surface area (Å²) in [7, 11) is 0. The lowest BCUT2D eigenvalue weighted by Crippen LogP contribution is -2.23. The topological polar surface area (TPSA) is 74.8 Å². The maximum absolute atomic E-state index is 12.0. The van der Waals surface area contributed by atoms with E-state index in [0.29, 0.717) is 11.3 Å². The Bertz CT molecular complexity index is 674. The molecule has 0 radical (unpaired) electrons. The summed E-state index contributed by atoms with van der Waals surface area (Å²) in [5, 5.41) is 2.86. The first-order chi connectivity index (χ1) is 8.99. The molecule has 2 aromatic rings. The third-order valence-electron chi connectivity index (χ3n) is 2.44. The van der Waals surface area contributed by atoms with Gasteiger partial charge in [0.05, 0.1) is 5.69 Å². The number of halogens is 2. The molecule has 1 amide bonds. The van der Waals surface area contributed by atoms with E-state index in [1.807, 2.05) is 0 Å². The molecule has 0 aliphatic carbocycles. The van der Waals surface area contributed by atoms with Crippen LogP contribution in [-0.4, -0.2) is 15.9 Å². The van der Waals surface area contributed by atoms with E-state index >= 15 is 0 Å². The van der Waals surface area contributed by atoms with Gasteiger partial charge in [0, 0.05) is 6.20 Å². The van der Waals surface area contributed by atoms with Gasteiger partial charge in [0.1, 0.15) is 10.7 Å². The number of hydrogen-bond donors (Lipinski definition) is 2. The van der Waals surface area contributed by atoms with Crippen molar-refractivity contribution in [1.82, 2.24) is 9.97 Å². The summed E-state index contributed by atoms with van der Waals surface area (Å²) in [6.07, 6.45) is 1.45. The van der Waals surface area contributed by atoms with Crippen molar-refractivity contribution >= 4 is 34.8 Å². The fourth-order valence-corrected chi connectivity index (χ4v) is 2.11. The Morgan fingerprint density at radius 3 is 2.79 bits per heavy atom. The average Bonchev–Trinajstić information content (AvgIpc) is 2.34. The summed E-state index contributed by atoms with van der Waals surface area (Å²) in [5.74, 6) is -0.559. The van der Waals surface area contributed by atoms with Gasteiger partial charge in [-0.05, 0) is 30.7 Å². The molecule has 98 valence electrons. The molecule has 2 aromatic heterocycles. The minimum absolute atomic E-state index is 0.00656. The molecule has 7 heteroatoms. The molecule has 0 aliphatic rings. The van der Waals surface area contributed by atoms with Crippen molar-refractivity contribution in [3.8, 4) is 0 Å². The Kier molecular flexibility index (Phi) is 3.87. The summed E-state index contributed by atoms with van der Waals surface area (Å²) in [4.78, 5) is 29.7. The number of pyridine rings is 2. The van der Waals surface area contributed by atoms with Gasteiger partial charge in [0.2, 0.25) is 0 Å². The highest BCUT2D eigenvalue weighted by Crippen LogP contribution is 2.26. The predicted octanol–water partition coefficient (Wildman–Crippen LogP) is 2.64. The van der Waals surface area contributed by atoms with Crippen LogP contribution < -0.4 is 10.9 Å². The number of rotatable bonds is 2. The Morgan fingerprint density at radius 1 is 1.42 bits per heavy atom. The third kappa shape index (κ3) is 2.94. The first-order valence-electron chi connectivity index (χ1n) is 5.30. The summed E-state index contributed by atoms with van der Waals surface area (Å²) in [6, 6.07) is 4.55. The molecule has 0 spiro atoms. The largest absolute Gasteiger partial charge is 0.328 e. The van der Waals surface area contributed by atoms with E-state index in [-0.39, 0.29) is 15.9 Å². The van der Waals surface area contributed by atoms with Gasteiger partial charge in [-0.3, -0.25) is 9.59 Å². The Labute approximate surface area is 118 Å². The fourth-order valence-electron chi connectivity index (χ4n) is 1.53. The van der Waals surface area contributed by atoms with Crippen LogP contribution in [0.5, 0.6) is 0 Å². The number of aromatic nitrogens is 2. The van der Waals surface area contributed by atoms with Crippen LogP contribution in [0.25, 0.3) is 0 Å². The highest BCUT2D eigenvalue weighted by molar-refractivity contribution is 6.35. The predicted molar refractivity (Wildman–Crippen MR) is 74.0 cm³/mol. The van der Waals surface area contributed by atoms with E-state index in [0.717, 1.165) is 0 Å². The summed E-state index contributed by atoms with van der Waals surface area (Å²) >= 11 is 11.6. The van der Waals surface area contributed by atoms with Gasteiger partial charge in [0.15, 0.2) is 5.15 Å². The molecule has 19 heavy (non-hydrogen) atoms. The van der Waals surface area contributed by atoms with Crippen molar-refractivity contribution in [2.45, 2.75) is 6.92 Å². The standard InChI is InChI=1S/C12H9Cl2N3O2/c1-6-5-8(13)16-10(14)9(6)17-12(19)7-3-2-4-15-11(7)18/h2-5H,1H3,(H,15,18)(H,17,19). The molecule has 0 saturated carbocycles. The van der Waals surface area contributed by atoms with Gasteiger partial charge in [-0.2, -0.15) is 0 Å². The van der Waals surface area contributed by atoms with Gasteiger partial charge in [-0.15, -0.1) is 0 Å². The van der Waals surface area contributed by atoms with E-state index < -0.39 is 11.5 Å². The van der Waals surface area contributed by atoms with E-state index in [1.54, 1.807) is 19.1 Å². The smallest absolute Gasteiger partial charge is 0.261 e. The second-order valence-corrected chi connectivity index (χ2v) is 4.54. The maximum atomic E-state index is 12.0. The first kappa shape index (κ1) is 13.6. The van der Waals surface area contributed by atoms with E-state index in [4.69, 9.17) is 23.2 Å². The van der Waals surface area contributed by atoms with Crippen LogP contribution in [0.4, 0.5) is 5.69 Å². The van der Waals surface area contributed by atoms with Crippen LogP contribution in [0.1, 0.15) is 15.9 Å². The van der Waals surface area contributed by atoms with Gasteiger partial charge >= 0.3 is 0 Å². The van der Waals surface area contributed by atoms with Gasteiger partial charge in [-0.25, -0.2) is 4.98 Å². The van der Waals surface area contributed by atoms with Crippen molar-refractivity contribution < 1.29 is 4.79 Å². The van der Waals surface area contributed by atoms with Crippen molar-refractivity contribution in [1.29, 1.82) is 0 Å². The molecule has 0 aromatic carbocycles. The molecule has 0 saturated heterocycles. The highest BCUT2D eigenvalue weighted by atomic mass is 35.5. The number of H-pyrrole nitrogens is 1. The molecule has 0 unspecified atom stereocenters. The number of carbonyl (C=O) groups excluding carboxylic acids is 1. The van der Waals surface area contributed by atoms with Crippen LogP contribution in [0.3, 0.4) is 0 Å². The van der Waals surface area contributed by atoms with E-state index in [9.17, 15) is 9.59 Å². The van der Waals surface area contributed by atoms with Crippen molar-refractivity contribution in [2.75, 3.05) is 5.32 Å². The second-order valence-electron chi connectivity index (χ2n) is 3.79. The number of amides is 1. The lowest BCUT2D eigenvalue weighted by Gasteiger charge is -2.09. The maximum Gasteiger partial charge on any atom is 0.261 e. The Hall–Kier alpha value is -1.85. The van der Waals surface area contributed by atoms with Crippen molar-refractivity contribution in [2.24, 2.45) is 0 Å². The number of hydrogen-bond acceptors (Lipinski definition) is 3. The molecular formula is C12H9Cl2N3O2. The average molecular weight is 298 g/mol. The molecule has 2 N–H and O–H groups in total. The monoisotopic (exact) mass is 297 g/mol. The lowest BCUT2D eigenvalue weighted by molar-refractivity contribution is 0.102. The van der Waals surface area contributed by atoms with Crippen LogP contribution in [-0.2, 0) is 0 Å². The van der Waals surface area contributed by atoms with Crippen LogP contribution >= 0.6 is 23.2 Å². The summed E-state index contributed by atoms with van der Waals surface area (Å²) in [5.41, 5.74) is 0.508. The normalized spacial score (nSPS) is 10.3. The number of anilines is 1. The molecular weight excluding hydrogens is 289 g/mol. The molecule has 0 bridgehead atoms. The minimum atomic E-state index is -0.559. The Balaban J connectivity index is 2.35. The summed E-state index contributed by atoms with van der Waals surface area (Å²) in [6.45, 7) is 1.73. The van der Waals surface area contributed by atoms with Gasteiger partial charge < -0.3 is 10.3 Å². The van der Waals surface area contributed by atoms with E-state index in [1.165, 1.54) is 12.3 Å². The SMILES string of the molecule is Cc1cc(Cl)nc(Cl)c1NC(=O)c1ccc[nH]c1=O. The number of aromatic amines is 1. The molecule has 5 nitrogen and oxygen atoms in total. The van der Waals surface area contributed by atoms with Crippen molar-refractivity contribution in [3.63, 3.8) is 0 Å². The molecule has 0 atom stereocenters. The zero-order chi connectivity index (χ0) is 14.0. The zero-order valence-electron chi connectivity index (χ0n) is 9.83. The zero-order valence-corrected chi connectivity index (χ0v) is 11.3.